The van der Waals surface area contributed by atoms with E-state index >= 15 is 0 Å². The third-order valence-electron chi connectivity index (χ3n) is 6.61. The third-order valence-corrected chi connectivity index (χ3v) is 6.95. The molecule has 0 radical (unpaired) electrons. The molecule has 1 atom stereocenters. The van der Waals surface area contributed by atoms with Crippen molar-refractivity contribution in [2.75, 3.05) is 0 Å². The van der Waals surface area contributed by atoms with Crippen LogP contribution in [0.25, 0.3) is 11.3 Å². The smallest absolute Gasteiger partial charge is 0.361 e. The minimum atomic E-state index is -0.530. The highest BCUT2D eigenvalue weighted by molar-refractivity contribution is 6.31. The molecule has 0 spiro atoms. The van der Waals surface area contributed by atoms with Gasteiger partial charge in [-0.15, -0.1) is 0 Å². The van der Waals surface area contributed by atoms with Crippen LogP contribution < -0.4 is 5.63 Å². The first kappa shape index (κ1) is 25.8. The predicted octanol–water partition coefficient (Wildman–Crippen LogP) is 8.01. The summed E-state index contributed by atoms with van der Waals surface area (Å²) in [6.45, 7) is 14.3. The molecule has 5 heteroatoms. The van der Waals surface area contributed by atoms with Gasteiger partial charge in [0.05, 0.1) is 11.3 Å². The molecular formula is C31H34ClNO3. The minimum Gasteiger partial charge on any atom is -0.507 e. The first-order valence-corrected chi connectivity index (χ1v) is 12.6. The molecule has 0 saturated carbocycles. The van der Waals surface area contributed by atoms with Gasteiger partial charge in [0, 0.05) is 16.1 Å². The van der Waals surface area contributed by atoms with Crippen molar-refractivity contribution < 1.29 is 9.63 Å². The zero-order chi connectivity index (χ0) is 26.4. The zero-order valence-electron chi connectivity index (χ0n) is 22.0. The summed E-state index contributed by atoms with van der Waals surface area (Å²) in [7, 11) is 0. The second-order valence-corrected chi connectivity index (χ2v) is 11.8. The highest BCUT2D eigenvalue weighted by Crippen LogP contribution is 2.44. The number of halogens is 1. The molecule has 0 unspecified atom stereocenters. The Labute approximate surface area is 218 Å². The summed E-state index contributed by atoms with van der Waals surface area (Å²) in [5, 5.41) is 11.9. The highest BCUT2D eigenvalue weighted by Gasteiger charge is 2.32. The van der Waals surface area contributed by atoms with Gasteiger partial charge in [0.1, 0.15) is 11.8 Å². The van der Waals surface area contributed by atoms with E-state index < -0.39 is 11.7 Å². The number of hydrogen-bond acceptors (Lipinski definition) is 3. The van der Waals surface area contributed by atoms with Gasteiger partial charge in [0.15, 0.2) is 0 Å². The Morgan fingerprint density at radius 3 is 1.92 bits per heavy atom. The molecule has 0 aliphatic rings. The molecule has 0 saturated heterocycles. The lowest BCUT2D eigenvalue weighted by molar-refractivity contribution is 0.246. The molecular weight excluding hydrogens is 470 g/mol. The van der Waals surface area contributed by atoms with Crippen LogP contribution in [0.1, 0.15) is 75.4 Å². The van der Waals surface area contributed by atoms with Crippen LogP contribution >= 0.6 is 11.6 Å². The number of phenols is 1. The van der Waals surface area contributed by atoms with Crippen molar-refractivity contribution in [3.8, 4) is 17.0 Å². The Morgan fingerprint density at radius 2 is 1.39 bits per heavy atom. The summed E-state index contributed by atoms with van der Waals surface area (Å²) < 4.78 is 7.63. The first-order valence-electron chi connectivity index (χ1n) is 12.2. The quantitative estimate of drug-likeness (QED) is 0.307. The van der Waals surface area contributed by atoms with E-state index in [9.17, 15) is 9.90 Å². The van der Waals surface area contributed by atoms with Gasteiger partial charge in [0.2, 0.25) is 0 Å². The molecule has 4 aromatic rings. The van der Waals surface area contributed by atoms with E-state index in [1.807, 2.05) is 66.7 Å². The number of hydrogen-bond donors (Lipinski definition) is 1. The molecule has 0 amide bonds. The van der Waals surface area contributed by atoms with E-state index in [4.69, 9.17) is 16.1 Å². The second-order valence-electron chi connectivity index (χ2n) is 11.4. The summed E-state index contributed by atoms with van der Waals surface area (Å²) >= 11 is 6.77. The Morgan fingerprint density at radius 1 is 0.861 bits per heavy atom. The molecule has 1 N–H and O–H groups in total. The van der Waals surface area contributed by atoms with Crippen LogP contribution in [0.3, 0.4) is 0 Å². The second kappa shape index (κ2) is 9.33. The summed E-state index contributed by atoms with van der Waals surface area (Å²) in [4.78, 5) is 12.9. The summed E-state index contributed by atoms with van der Waals surface area (Å²) in [6.07, 6.45) is 0. The van der Waals surface area contributed by atoms with Crippen molar-refractivity contribution in [2.45, 2.75) is 65.3 Å². The van der Waals surface area contributed by atoms with Crippen LogP contribution in [0.15, 0.2) is 76.0 Å². The number of benzene rings is 3. The van der Waals surface area contributed by atoms with Gasteiger partial charge in [-0.25, -0.2) is 4.79 Å². The van der Waals surface area contributed by atoms with Gasteiger partial charge in [-0.1, -0.05) is 102 Å². The van der Waals surface area contributed by atoms with Crippen molar-refractivity contribution >= 4 is 11.6 Å². The minimum absolute atomic E-state index is 0.296. The van der Waals surface area contributed by atoms with E-state index in [1.165, 1.54) is 0 Å². The molecule has 36 heavy (non-hydrogen) atoms. The van der Waals surface area contributed by atoms with Crippen molar-refractivity contribution in [1.82, 2.24) is 4.74 Å². The number of aromatic nitrogens is 1. The Bertz CT molecular complexity index is 1410. The van der Waals surface area contributed by atoms with Crippen molar-refractivity contribution in [1.29, 1.82) is 0 Å². The number of rotatable bonds is 4. The van der Waals surface area contributed by atoms with Gasteiger partial charge in [-0.05, 0) is 52.6 Å². The van der Waals surface area contributed by atoms with E-state index in [2.05, 4.69) is 41.5 Å². The molecule has 1 aromatic heterocycles. The van der Waals surface area contributed by atoms with Gasteiger partial charge in [-0.3, -0.25) is 0 Å². The van der Waals surface area contributed by atoms with Crippen LogP contribution in [-0.2, 0) is 10.8 Å². The third kappa shape index (κ3) is 4.75. The van der Waals surface area contributed by atoms with Crippen LogP contribution in [0.5, 0.6) is 5.75 Å². The highest BCUT2D eigenvalue weighted by atomic mass is 35.5. The molecule has 1 heterocycles. The fourth-order valence-corrected chi connectivity index (χ4v) is 4.92. The van der Waals surface area contributed by atoms with E-state index in [0.717, 1.165) is 27.8 Å². The largest absolute Gasteiger partial charge is 0.507 e. The Balaban J connectivity index is 2.13. The summed E-state index contributed by atoms with van der Waals surface area (Å²) in [5.74, 6) is 0.296. The molecule has 188 valence electrons. The lowest BCUT2D eigenvalue weighted by Gasteiger charge is -2.30. The van der Waals surface area contributed by atoms with Crippen molar-refractivity contribution in [2.24, 2.45) is 0 Å². The van der Waals surface area contributed by atoms with Crippen LogP contribution in [0.2, 0.25) is 5.02 Å². The molecule has 0 aliphatic carbocycles. The lowest BCUT2D eigenvalue weighted by atomic mass is 9.77. The topological polar surface area (TPSA) is 55.4 Å². The maximum atomic E-state index is 12.9. The predicted molar refractivity (Wildman–Crippen MR) is 147 cm³/mol. The van der Waals surface area contributed by atoms with E-state index in [0.29, 0.717) is 22.0 Å². The van der Waals surface area contributed by atoms with Gasteiger partial charge in [-0.2, -0.15) is 4.74 Å². The SMILES string of the molecule is Cc1c(-c2ccccc2)n([C@H](c2cc(C(C)(C)C)c(O)c(C(C)(C)C)c2)c2ccccc2Cl)oc1=O. The van der Waals surface area contributed by atoms with Crippen molar-refractivity contribution in [3.63, 3.8) is 0 Å². The summed E-state index contributed by atoms with van der Waals surface area (Å²) in [5.41, 5.74) is 4.43. The Hall–Kier alpha value is -3.24. The molecule has 0 fully saturated rings. The molecule has 0 bridgehead atoms. The fourth-order valence-electron chi connectivity index (χ4n) is 4.68. The summed E-state index contributed by atoms with van der Waals surface area (Å²) in [6, 6.07) is 20.9. The van der Waals surface area contributed by atoms with E-state index in [1.54, 1.807) is 11.7 Å². The van der Waals surface area contributed by atoms with Crippen molar-refractivity contribution in [3.05, 3.63) is 110 Å². The fraction of sp³-hybridized carbons (Fsp3) is 0.323. The Kier molecular flexibility index (Phi) is 6.70. The van der Waals surface area contributed by atoms with Crippen LogP contribution in [-0.4, -0.2) is 9.85 Å². The standard InChI is InChI=1S/C31H34ClNO3/c1-19-26(20-13-9-8-10-14-20)33(36-29(19)35)27(22-15-11-12-16-25(22)32)21-17-23(30(2,3)4)28(34)24(18-21)31(5,6)7/h8-18,27,34H,1-7H3/t27-/m1/s1. The maximum absolute atomic E-state index is 12.9. The normalized spacial score (nSPS) is 13.1. The average molecular weight is 504 g/mol. The number of phenolic OH excluding ortho intramolecular Hbond substituents is 1. The van der Waals surface area contributed by atoms with E-state index in [-0.39, 0.29) is 10.8 Å². The zero-order valence-corrected chi connectivity index (χ0v) is 22.8. The molecule has 0 aliphatic heterocycles. The lowest BCUT2D eigenvalue weighted by Crippen LogP contribution is -2.21. The first-order chi connectivity index (χ1) is 16.8. The monoisotopic (exact) mass is 503 g/mol. The van der Waals surface area contributed by atoms with Crippen LogP contribution in [0.4, 0.5) is 0 Å². The molecule has 3 aromatic carbocycles. The van der Waals surface area contributed by atoms with Gasteiger partial charge >= 0.3 is 5.63 Å². The van der Waals surface area contributed by atoms with Gasteiger partial charge < -0.3 is 9.63 Å². The number of aromatic hydroxyl groups is 1. The number of nitrogens with zero attached hydrogens (tertiary/aromatic N) is 1. The molecule has 4 nitrogen and oxygen atoms in total. The van der Waals surface area contributed by atoms with Gasteiger partial charge in [0.25, 0.3) is 0 Å². The molecule has 4 rings (SSSR count). The van der Waals surface area contributed by atoms with Crippen LogP contribution in [0, 0.1) is 6.92 Å². The average Bonchev–Trinajstić information content (AvgIpc) is 3.09. The maximum Gasteiger partial charge on any atom is 0.361 e.